The average Bonchev–Trinajstić information content (AvgIpc) is 2.33. The van der Waals surface area contributed by atoms with Gasteiger partial charge in [-0.25, -0.2) is 0 Å². The van der Waals surface area contributed by atoms with Crippen molar-refractivity contribution in [1.29, 1.82) is 0 Å². The summed E-state index contributed by atoms with van der Waals surface area (Å²) in [6.07, 6.45) is 0.390. The summed E-state index contributed by atoms with van der Waals surface area (Å²) in [6.45, 7) is 7.65. The predicted molar refractivity (Wildman–Crippen MR) is 73.6 cm³/mol. The van der Waals surface area contributed by atoms with Crippen LogP contribution >= 0.6 is 0 Å². The van der Waals surface area contributed by atoms with Gasteiger partial charge >= 0.3 is 0 Å². The van der Waals surface area contributed by atoms with E-state index in [4.69, 9.17) is 10.5 Å². The summed E-state index contributed by atoms with van der Waals surface area (Å²) in [4.78, 5) is 11.8. The lowest BCUT2D eigenvalue weighted by molar-refractivity contribution is -0.127. The molecule has 4 heteroatoms. The van der Waals surface area contributed by atoms with Gasteiger partial charge in [-0.3, -0.25) is 4.79 Å². The van der Waals surface area contributed by atoms with Crippen molar-refractivity contribution in [1.82, 2.24) is 5.32 Å². The van der Waals surface area contributed by atoms with Crippen LogP contribution < -0.4 is 15.8 Å². The van der Waals surface area contributed by atoms with E-state index in [1.807, 2.05) is 26.8 Å². The molecule has 4 nitrogen and oxygen atoms in total. The highest BCUT2D eigenvalue weighted by Crippen LogP contribution is 2.19. The van der Waals surface area contributed by atoms with Gasteiger partial charge in [0.15, 0.2) is 6.10 Å². The minimum Gasteiger partial charge on any atom is -0.481 e. The molecule has 0 aliphatic heterocycles. The molecule has 1 amide bonds. The van der Waals surface area contributed by atoms with Gasteiger partial charge in [-0.1, -0.05) is 6.92 Å². The van der Waals surface area contributed by atoms with Crippen LogP contribution in [-0.2, 0) is 4.79 Å². The van der Waals surface area contributed by atoms with E-state index in [0.717, 1.165) is 17.7 Å². The molecule has 0 aromatic heterocycles. The molecule has 0 aliphatic carbocycles. The minimum absolute atomic E-state index is 0.0983. The van der Waals surface area contributed by atoms with Gasteiger partial charge in [0, 0.05) is 11.7 Å². The highest BCUT2D eigenvalue weighted by atomic mass is 16.5. The fourth-order valence-electron chi connectivity index (χ4n) is 1.44. The Hall–Kier alpha value is -1.71. The molecule has 0 aliphatic rings. The van der Waals surface area contributed by atoms with Crippen LogP contribution in [0.5, 0.6) is 5.75 Å². The van der Waals surface area contributed by atoms with E-state index in [2.05, 4.69) is 5.32 Å². The van der Waals surface area contributed by atoms with Crippen molar-refractivity contribution in [2.45, 2.75) is 46.3 Å². The average molecular weight is 250 g/mol. The standard InChI is InChI=1S/C14H22N2O2/c1-5-10(3)16-14(17)11(4)18-12-6-7-13(15)9(2)8-12/h6-8,10-11H,5,15H2,1-4H3,(H,16,17). The van der Waals surface area contributed by atoms with Crippen molar-refractivity contribution >= 4 is 11.6 Å². The fraction of sp³-hybridized carbons (Fsp3) is 0.500. The quantitative estimate of drug-likeness (QED) is 0.788. The first kappa shape index (κ1) is 14.4. The Morgan fingerprint density at radius 3 is 2.67 bits per heavy atom. The van der Waals surface area contributed by atoms with Crippen LogP contribution in [0.2, 0.25) is 0 Å². The number of carbonyl (C=O) groups is 1. The highest BCUT2D eigenvalue weighted by molar-refractivity contribution is 5.81. The number of nitrogens with one attached hydrogen (secondary N) is 1. The van der Waals surface area contributed by atoms with E-state index in [1.165, 1.54) is 0 Å². The second-order valence-electron chi connectivity index (χ2n) is 4.60. The number of hydrogen-bond donors (Lipinski definition) is 2. The van der Waals surface area contributed by atoms with Crippen LogP contribution in [0.3, 0.4) is 0 Å². The summed E-state index contributed by atoms with van der Waals surface area (Å²) < 4.78 is 5.59. The number of hydrogen-bond acceptors (Lipinski definition) is 3. The first-order valence-corrected chi connectivity index (χ1v) is 6.27. The van der Waals surface area contributed by atoms with Crippen molar-refractivity contribution in [2.75, 3.05) is 5.73 Å². The van der Waals surface area contributed by atoms with Crippen LogP contribution in [0.4, 0.5) is 5.69 Å². The monoisotopic (exact) mass is 250 g/mol. The van der Waals surface area contributed by atoms with E-state index in [1.54, 1.807) is 19.1 Å². The molecule has 2 atom stereocenters. The van der Waals surface area contributed by atoms with Crippen molar-refractivity contribution in [3.05, 3.63) is 23.8 Å². The lowest BCUT2D eigenvalue weighted by atomic mass is 10.2. The van der Waals surface area contributed by atoms with Gasteiger partial charge < -0.3 is 15.8 Å². The number of rotatable bonds is 5. The molecule has 0 saturated heterocycles. The lowest BCUT2D eigenvalue weighted by Crippen LogP contribution is -2.40. The zero-order valence-electron chi connectivity index (χ0n) is 11.5. The van der Waals surface area contributed by atoms with Crippen LogP contribution in [0.1, 0.15) is 32.8 Å². The summed E-state index contributed by atoms with van der Waals surface area (Å²) in [7, 11) is 0. The third-order valence-electron chi connectivity index (χ3n) is 2.92. The third-order valence-corrected chi connectivity index (χ3v) is 2.92. The molecule has 18 heavy (non-hydrogen) atoms. The molecule has 1 rings (SSSR count). The molecule has 100 valence electrons. The molecule has 0 fully saturated rings. The molecule has 1 aromatic rings. The van der Waals surface area contributed by atoms with E-state index in [-0.39, 0.29) is 11.9 Å². The van der Waals surface area contributed by atoms with Gasteiger partial charge in [-0.15, -0.1) is 0 Å². The molecule has 0 bridgehead atoms. The largest absolute Gasteiger partial charge is 0.481 e. The number of benzene rings is 1. The van der Waals surface area contributed by atoms with Gasteiger partial charge in [0.2, 0.25) is 0 Å². The van der Waals surface area contributed by atoms with Gasteiger partial charge in [0.1, 0.15) is 5.75 Å². The Balaban J connectivity index is 2.60. The third kappa shape index (κ3) is 3.95. The van der Waals surface area contributed by atoms with E-state index < -0.39 is 6.10 Å². The van der Waals surface area contributed by atoms with E-state index in [0.29, 0.717) is 5.75 Å². The first-order valence-electron chi connectivity index (χ1n) is 6.27. The molecule has 0 heterocycles. The fourth-order valence-corrected chi connectivity index (χ4v) is 1.44. The topological polar surface area (TPSA) is 64.3 Å². The molecule has 1 aromatic carbocycles. The maximum absolute atomic E-state index is 11.8. The zero-order valence-corrected chi connectivity index (χ0v) is 11.5. The van der Waals surface area contributed by atoms with Gasteiger partial charge in [0.05, 0.1) is 0 Å². The summed E-state index contributed by atoms with van der Waals surface area (Å²) in [6, 6.07) is 5.55. The van der Waals surface area contributed by atoms with E-state index >= 15 is 0 Å². The van der Waals surface area contributed by atoms with Crippen LogP contribution in [0, 0.1) is 6.92 Å². The van der Waals surface area contributed by atoms with Gasteiger partial charge in [-0.2, -0.15) is 0 Å². The molecule has 0 spiro atoms. The molecular formula is C14H22N2O2. The summed E-state index contributed by atoms with van der Waals surface area (Å²) in [5.41, 5.74) is 7.40. The second-order valence-corrected chi connectivity index (χ2v) is 4.60. The number of ether oxygens (including phenoxy) is 1. The molecule has 2 unspecified atom stereocenters. The van der Waals surface area contributed by atoms with E-state index in [9.17, 15) is 4.79 Å². The summed E-state index contributed by atoms with van der Waals surface area (Å²) in [5.74, 6) is 0.562. The Labute approximate surface area is 109 Å². The number of carbonyl (C=O) groups excluding carboxylic acids is 1. The molecule has 0 radical (unpaired) electrons. The Morgan fingerprint density at radius 1 is 1.44 bits per heavy atom. The first-order chi connectivity index (χ1) is 8.43. The van der Waals surface area contributed by atoms with Crippen molar-refractivity contribution in [3.63, 3.8) is 0 Å². The van der Waals surface area contributed by atoms with Crippen LogP contribution in [0.15, 0.2) is 18.2 Å². The number of nitrogen functional groups attached to an aromatic ring is 1. The minimum atomic E-state index is -0.512. The molecule has 3 N–H and O–H groups in total. The van der Waals surface area contributed by atoms with Crippen LogP contribution in [-0.4, -0.2) is 18.1 Å². The second kappa shape index (κ2) is 6.28. The number of aryl methyl sites for hydroxylation is 1. The number of anilines is 1. The maximum Gasteiger partial charge on any atom is 0.260 e. The van der Waals surface area contributed by atoms with Gasteiger partial charge in [-0.05, 0) is 51.0 Å². The summed E-state index contributed by atoms with van der Waals surface area (Å²) in [5, 5.41) is 2.89. The predicted octanol–water partition coefficient (Wildman–Crippen LogP) is 2.26. The Morgan fingerprint density at radius 2 is 2.11 bits per heavy atom. The summed E-state index contributed by atoms with van der Waals surface area (Å²) >= 11 is 0. The van der Waals surface area contributed by atoms with Crippen molar-refractivity contribution in [3.8, 4) is 5.75 Å². The zero-order chi connectivity index (χ0) is 13.7. The highest BCUT2D eigenvalue weighted by Gasteiger charge is 2.16. The Kier molecular flexibility index (Phi) is 5.01. The number of amides is 1. The lowest BCUT2D eigenvalue weighted by Gasteiger charge is -2.18. The maximum atomic E-state index is 11.8. The number of nitrogens with two attached hydrogens (primary N) is 1. The SMILES string of the molecule is CCC(C)NC(=O)C(C)Oc1ccc(N)c(C)c1. The van der Waals surface area contributed by atoms with Crippen molar-refractivity contribution < 1.29 is 9.53 Å². The molecule has 0 saturated carbocycles. The van der Waals surface area contributed by atoms with Gasteiger partial charge in [0.25, 0.3) is 5.91 Å². The normalized spacial score (nSPS) is 13.8. The van der Waals surface area contributed by atoms with Crippen molar-refractivity contribution in [2.24, 2.45) is 0 Å². The molecular weight excluding hydrogens is 228 g/mol. The smallest absolute Gasteiger partial charge is 0.260 e. The Bertz CT molecular complexity index is 418. The van der Waals surface area contributed by atoms with Crippen LogP contribution in [0.25, 0.3) is 0 Å².